The van der Waals surface area contributed by atoms with Crippen molar-refractivity contribution in [2.75, 3.05) is 11.9 Å². The molecule has 2 heterocycles. The molecule has 0 spiro atoms. The maximum atomic E-state index is 13.7. The Bertz CT molecular complexity index is 676. The SMILES string of the molecule is O=[N+]([O-])c1ccc(N[C@H]2CCOc3c(F)cccc32)nc1. The van der Waals surface area contributed by atoms with Crippen LogP contribution >= 0.6 is 0 Å². The van der Waals surface area contributed by atoms with Crippen molar-refractivity contribution in [2.45, 2.75) is 12.5 Å². The quantitative estimate of drug-likeness (QED) is 0.694. The van der Waals surface area contributed by atoms with E-state index in [1.54, 1.807) is 12.1 Å². The second-order valence-corrected chi connectivity index (χ2v) is 4.65. The van der Waals surface area contributed by atoms with Gasteiger partial charge in [0.15, 0.2) is 11.6 Å². The molecule has 0 radical (unpaired) electrons. The predicted octanol–water partition coefficient (Wildman–Crippen LogP) is 3.06. The van der Waals surface area contributed by atoms with Crippen molar-refractivity contribution in [3.63, 3.8) is 0 Å². The Labute approximate surface area is 119 Å². The molecule has 0 aliphatic carbocycles. The number of nitro groups is 1. The summed E-state index contributed by atoms with van der Waals surface area (Å²) in [4.78, 5) is 14.1. The van der Waals surface area contributed by atoms with E-state index in [1.807, 2.05) is 0 Å². The topological polar surface area (TPSA) is 77.3 Å². The van der Waals surface area contributed by atoms with E-state index >= 15 is 0 Å². The van der Waals surface area contributed by atoms with Gasteiger partial charge in [-0.2, -0.15) is 0 Å². The van der Waals surface area contributed by atoms with Gasteiger partial charge in [0.2, 0.25) is 0 Å². The lowest BCUT2D eigenvalue weighted by Gasteiger charge is -2.27. The Morgan fingerprint density at radius 1 is 1.38 bits per heavy atom. The molecule has 108 valence electrons. The second kappa shape index (κ2) is 5.35. The number of benzene rings is 1. The molecule has 2 aromatic rings. The minimum Gasteiger partial charge on any atom is -0.490 e. The van der Waals surface area contributed by atoms with Crippen molar-refractivity contribution in [3.05, 3.63) is 58.0 Å². The van der Waals surface area contributed by atoms with Gasteiger partial charge in [-0.25, -0.2) is 9.37 Å². The number of nitrogens with zero attached hydrogens (tertiary/aromatic N) is 2. The highest BCUT2D eigenvalue weighted by Gasteiger charge is 2.24. The maximum Gasteiger partial charge on any atom is 0.287 e. The fraction of sp³-hybridized carbons (Fsp3) is 0.214. The van der Waals surface area contributed by atoms with E-state index in [9.17, 15) is 14.5 Å². The van der Waals surface area contributed by atoms with Crippen LogP contribution in [0.15, 0.2) is 36.5 Å². The Balaban J connectivity index is 1.83. The molecule has 3 rings (SSSR count). The number of rotatable bonds is 3. The number of halogens is 1. The highest BCUT2D eigenvalue weighted by atomic mass is 19.1. The summed E-state index contributed by atoms with van der Waals surface area (Å²) in [7, 11) is 0. The van der Waals surface area contributed by atoms with E-state index in [1.165, 1.54) is 24.4 Å². The number of ether oxygens (including phenoxy) is 1. The summed E-state index contributed by atoms with van der Waals surface area (Å²) in [5.41, 5.74) is 0.653. The summed E-state index contributed by atoms with van der Waals surface area (Å²) in [6.07, 6.45) is 1.85. The Morgan fingerprint density at radius 3 is 2.95 bits per heavy atom. The number of pyridine rings is 1. The van der Waals surface area contributed by atoms with Gasteiger partial charge in [0.05, 0.1) is 17.6 Å². The Hall–Kier alpha value is -2.70. The van der Waals surface area contributed by atoms with E-state index < -0.39 is 10.7 Å². The lowest BCUT2D eigenvalue weighted by molar-refractivity contribution is -0.385. The number of nitrogens with one attached hydrogen (secondary N) is 1. The van der Waals surface area contributed by atoms with Crippen LogP contribution in [0.3, 0.4) is 0 Å². The lowest BCUT2D eigenvalue weighted by Crippen LogP contribution is -2.21. The highest BCUT2D eigenvalue weighted by Crippen LogP contribution is 2.35. The summed E-state index contributed by atoms with van der Waals surface area (Å²) in [5, 5.41) is 13.7. The molecule has 0 saturated carbocycles. The minimum atomic E-state index is -0.504. The summed E-state index contributed by atoms with van der Waals surface area (Å²) >= 11 is 0. The predicted molar refractivity (Wildman–Crippen MR) is 73.8 cm³/mol. The van der Waals surface area contributed by atoms with Crippen LogP contribution in [0.5, 0.6) is 5.75 Å². The molecule has 6 nitrogen and oxygen atoms in total. The van der Waals surface area contributed by atoms with Crippen LogP contribution < -0.4 is 10.1 Å². The molecule has 1 aromatic carbocycles. The van der Waals surface area contributed by atoms with Gasteiger partial charge in [-0.15, -0.1) is 0 Å². The average molecular weight is 289 g/mol. The summed E-state index contributed by atoms with van der Waals surface area (Å²) < 4.78 is 19.0. The van der Waals surface area contributed by atoms with E-state index in [2.05, 4.69) is 10.3 Å². The van der Waals surface area contributed by atoms with Crippen molar-refractivity contribution in [1.82, 2.24) is 4.98 Å². The zero-order valence-electron chi connectivity index (χ0n) is 11.0. The second-order valence-electron chi connectivity index (χ2n) is 4.65. The van der Waals surface area contributed by atoms with Gasteiger partial charge in [0, 0.05) is 18.1 Å². The van der Waals surface area contributed by atoms with E-state index in [0.717, 1.165) is 5.56 Å². The third-order valence-corrected chi connectivity index (χ3v) is 3.31. The first-order chi connectivity index (χ1) is 10.1. The van der Waals surface area contributed by atoms with Crippen LogP contribution in [0.2, 0.25) is 0 Å². The summed E-state index contributed by atoms with van der Waals surface area (Å²) in [6.45, 7) is 0.401. The van der Waals surface area contributed by atoms with Crippen LogP contribution in [0.4, 0.5) is 15.9 Å². The van der Waals surface area contributed by atoms with E-state index in [4.69, 9.17) is 4.74 Å². The van der Waals surface area contributed by atoms with Gasteiger partial charge < -0.3 is 10.1 Å². The Kier molecular flexibility index (Phi) is 3.39. The van der Waals surface area contributed by atoms with Crippen LogP contribution in [0, 0.1) is 15.9 Å². The van der Waals surface area contributed by atoms with Crippen LogP contribution in [-0.2, 0) is 0 Å². The normalized spacial score (nSPS) is 16.7. The molecule has 0 saturated heterocycles. The van der Waals surface area contributed by atoms with Gasteiger partial charge in [-0.1, -0.05) is 12.1 Å². The number of hydrogen-bond donors (Lipinski definition) is 1. The molecule has 0 bridgehead atoms. The van der Waals surface area contributed by atoms with Crippen LogP contribution in [-0.4, -0.2) is 16.5 Å². The van der Waals surface area contributed by atoms with E-state index in [0.29, 0.717) is 18.8 Å². The first-order valence-electron chi connectivity index (χ1n) is 6.43. The standard InChI is InChI=1S/C14H12FN3O3/c15-11-3-1-2-10-12(6-7-21-14(10)11)17-13-5-4-9(8-16-13)18(19)20/h1-5,8,12H,6-7H2,(H,16,17)/t12-/m0/s1. The molecule has 1 aliphatic heterocycles. The minimum absolute atomic E-state index is 0.0704. The first-order valence-corrected chi connectivity index (χ1v) is 6.43. The molecular weight excluding hydrogens is 277 g/mol. The van der Waals surface area contributed by atoms with Gasteiger partial charge in [-0.3, -0.25) is 10.1 Å². The third-order valence-electron chi connectivity index (χ3n) is 3.31. The fourth-order valence-electron chi connectivity index (χ4n) is 2.29. The molecule has 1 atom stereocenters. The van der Waals surface area contributed by atoms with Crippen molar-refractivity contribution < 1.29 is 14.1 Å². The van der Waals surface area contributed by atoms with Gasteiger partial charge >= 0.3 is 0 Å². The lowest BCUT2D eigenvalue weighted by atomic mass is 10.0. The summed E-state index contributed by atoms with van der Waals surface area (Å²) in [6, 6.07) is 7.54. The van der Waals surface area contributed by atoms with Crippen LogP contribution in [0.1, 0.15) is 18.0 Å². The molecule has 0 fully saturated rings. The molecule has 0 unspecified atom stereocenters. The maximum absolute atomic E-state index is 13.7. The fourth-order valence-corrected chi connectivity index (χ4v) is 2.29. The molecule has 1 aromatic heterocycles. The largest absolute Gasteiger partial charge is 0.490 e. The molecule has 1 aliphatic rings. The number of fused-ring (bicyclic) bond motifs is 1. The van der Waals surface area contributed by atoms with Gasteiger partial charge in [0.1, 0.15) is 12.0 Å². The average Bonchev–Trinajstić information content (AvgIpc) is 2.49. The van der Waals surface area contributed by atoms with Crippen molar-refractivity contribution in [2.24, 2.45) is 0 Å². The number of aromatic nitrogens is 1. The molecule has 21 heavy (non-hydrogen) atoms. The van der Waals surface area contributed by atoms with Crippen molar-refractivity contribution in [1.29, 1.82) is 0 Å². The summed E-state index contributed by atoms with van der Waals surface area (Å²) in [5.74, 6) is 0.363. The highest BCUT2D eigenvalue weighted by molar-refractivity contribution is 5.46. The van der Waals surface area contributed by atoms with Crippen LogP contribution in [0.25, 0.3) is 0 Å². The first kappa shape index (κ1) is 13.3. The molecular formula is C14H12FN3O3. The van der Waals surface area contributed by atoms with Gasteiger partial charge in [-0.05, 0) is 12.1 Å². The number of para-hydroxylation sites is 1. The Morgan fingerprint density at radius 2 is 2.24 bits per heavy atom. The van der Waals surface area contributed by atoms with E-state index in [-0.39, 0.29) is 17.5 Å². The third kappa shape index (κ3) is 2.62. The molecule has 1 N–H and O–H groups in total. The number of anilines is 1. The van der Waals surface area contributed by atoms with Crippen molar-refractivity contribution in [3.8, 4) is 5.75 Å². The zero-order chi connectivity index (χ0) is 14.8. The monoisotopic (exact) mass is 289 g/mol. The number of hydrogen-bond acceptors (Lipinski definition) is 5. The smallest absolute Gasteiger partial charge is 0.287 e. The van der Waals surface area contributed by atoms with Gasteiger partial charge in [0.25, 0.3) is 5.69 Å². The van der Waals surface area contributed by atoms with Crippen molar-refractivity contribution >= 4 is 11.5 Å². The molecule has 0 amide bonds. The zero-order valence-corrected chi connectivity index (χ0v) is 11.0. The molecule has 7 heteroatoms.